The van der Waals surface area contributed by atoms with Crippen LogP contribution < -0.4 is 15.4 Å². The molecule has 0 aliphatic carbocycles. The Kier molecular flexibility index (Phi) is 9.56. The van der Waals surface area contributed by atoms with Gasteiger partial charge in [0.05, 0.1) is 12.6 Å². The number of alkyl halides is 3. The number of aromatic nitrogens is 2. The van der Waals surface area contributed by atoms with Crippen LogP contribution in [0.25, 0.3) is 0 Å². The van der Waals surface area contributed by atoms with Crippen LogP contribution in [0.3, 0.4) is 0 Å². The van der Waals surface area contributed by atoms with E-state index < -0.39 is 12.0 Å². The van der Waals surface area contributed by atoms with E-state index in [0.29, 0.717) is 13.1 Å². The first-order valence-electron chi connectivity index (χ1n) is 12.4. The Morgan fingerprint density at radius 1 is 1.21 bits per heavy atom. The molecule has 1 aliphatic rings. The molecule has 1 aliphatic heterocycles. The molecule has 1 aromatic heterocycles. The highest BCUT2D eigenvalue weighted by Gasteiger charge is 2.32. The van der Waals surface area contributed by atoms with Crippen LogP contribution in [0.1, 0.15) is 51.2 Å². The fraction of sp³-hybridized carbons (Fsp3) is 0.500. The fourth-order valence-electron chi connectivity index (χ4n) is 4.02. The predicted octanol–water partition coefficient (Wildman–Crippen LogP) is 4.24. The number of ether oxygens (including phenoxy) is 2. The molecular weight excluding hydrogens is 517 g/mol. The van der Waals surface area contributed by atoms with E-state index in [9.17, 15) is 28.0 Å². The Morgan fingerprint density at radius 2 is 1.95 bits per heavy atom. The number of carbonyl (C=O) groups is 2. The number of amides is 1. The van der Waals surface area contributed by atoms with Gasteiger partial charge in [0.2, 0.25) is 11.9 Å². The first-order valence-corrected chi connectivity index (χ1v) is 12.4. The maximum Gasteiger partial charge on any atom is 0.573 e. The summed E-state index contributed by atoms with van der Waals surface area (Å²) in [6, 6.07) is 7.64. The van der Waals surface area contributed by atoms with E-state index in [4.69, 9.17) is 4.74 Å². The first-order chi connectivity index (χ1) is 18.3. The maximum absolute atomic E-state index is 12.7. The highest BCUT2D eigenvalue weighted by atomic mass is 19.4. The van der Waals surface area contributed by atoms with Gasteiger partial charge in [-0.3, -0.25) is 9.59 Å². The molecule has 1 saturated heterocycles. The second-order valence-corrected chi connectivity index (χ2v) is 10.0. The number of carbonyl (C=O) groups excluding carboxylic acids is 2. The number of nitrogens with zero attached hydrogens (tertiary/aromatic N) is 4. The summed E-state index contributed by atoms with van der Waals surface area (Å²) < 4.78 is 47.4. The summed E-state index contributed by atoms with van der Waals surface area (Å²) >= 11 is 0. The second-order valence-electron chi connectivity index (χ2n) is 10.0. The molecule has 0 radical (unpaired) electrons. The Labute approximate surface area is 224 Å². The number of esters is 1. The van der Waals surface area contributed by atoms with Gasteiger partial charge in [-0.2, -0.15) is 10.2 Å². The van der Waals surface area contributed by atoms with Crippen LogP contribution in [-0.4, -0.2) is 58.3 Å². The number of hydrogen-bond acceptors (Lipinski definition) is 9. The van der Waals surface area contributed by atoms with Gasteiger partial charge < -0.3 is 25.0 Å². The summed E-state index contributed by atoms with van der Waals surface area (Å²) in [4.78, 5) is 34.7. The number of anilines is 2. The van der Waals surface area contributed by atoms with E-state index in [2.05, 4.69) is 25.3 Å². The largest absolute Gasteiger partial charge is 0.573 e. The second kappa shape index (κ2) is 12.6. The molecule has 0 bridgehead atoms. The molecule has 39 heavy (non-hydrogen) atoms. The standard InChI is InChI=1S/C26H31F3N6O4/c1-25(2,3)39-22(37)12-17-9-11-35(16-17)21(36)8-10-31-23-19(13-30)15-33-24(34-23)32-14-18-6-4-5-7-20(18)38-26(27,28)29/h4-7,15,17H,8-12,14,16H2,1-3H3,(H2,31,32,33,34)/t17-/m1/s1. The normalized spacial score (nSPS) is 15.4. The van der Waals surface area contributed by atoms with Crippen molar-refractivity contribution in [2.45, 2.75) is 58.5 Å². The number of hydrogen-bond donors (Lipinski definition) is 2. The number of para-hydroxylation sites is 1. The van der Waals surface area contributed by atoms with Crippen molar-refractivity contribution in [3.05, 3.63) is 41.6 Å². The van der Waals surface area contributed by atoms with Crippen LogP contribution in [0.4, 0.5) is 24.9 Å². The Morgan fingerprint density at radius 3 is 2.64 bits per heavy atom. The Bertz CT molecular complexity index is 1210. The van der Waals surface area contributed by atoms with Gasteiger partial charge in [-0.05, 0) is 39.2 Å². The lowest BCUT2D eigenvalue weighted by molar-refractivity contribution is -0.274. The van der Waals surface area contributed by atoms with Crippen LogP contribution >= 0.6 is 0 Å². The quantitative estimate of drug-likeness (QED) is 0.419. The number of benzene rings is 1. The number of likely N-dealkylation sites (tertiary alicyclic amines) is 1. The van der Waals surface area contributed by atoms with E-state index in [1.807, 2.05) is 26.8 Å². The average Bonchev–Trinajstić information content (AvgIpc) is 3.30. The summed E-state index contributed by atoms with van der Waals surface area (Å²) in [5.41, 5.74) is -0.174. The lowest BCUT2D eigenvalue weighted by Crippen LogP contribution is -2.31. The molecule has 2 heterocycles. The summed E-state index contributed by atoms with van der Waals surface area (Å²) in [5, 5.41) is 15.2. The van der Waals surface area contributed by atoms with Crippen molar-refractivity contribution in [1.29, 1.82) is 5.26 Å². The van der Waals surface area contributed by atoms with Crippen LogP contribution in [-0.2, 0) is 20.9 Å². The number of nitrogens with one attached hydrogen (secondary N) is 2. The van der Waals surface area contributed by atoms with Crippen molar-refractivity contribution in [3.63, 3.8) is 0 Å². The molecule has 0 spiro atoms. The third-order valence-electron chi connectivity index (χ3n) is 5.69. The van der Waals surface area contributed by atoms with E-state index in [0.717, 1.165) is 6.42 Å². The molecule has 2 aromatic rings. The molecule has 2 N–H and O–H groups in total. The molecule has 13 heteroatoms. The predicted molar refractivity (Wildman–Crippen MR) is 135 cm³/mol. The minimum Gasteiger partial charge on any atom is -0.460 e. The van der Waals surface area contributed by atoms with Gasteiger partial charge in [0, 0.05) is 38.2 Å². The molecule has 1 aromatic carbocycles. The zero-order valence-electron chi connectivity index (χ0n) is 22.0. The van der Waals surface area contributed by atoms with Crippen molar-refractivity contribution in [1.82, 2.24) is 14.9 Å². The maximum atomic E-state index is 12.7. The number of halogens is 3. The topological polar surface area (TPSA) is 129 Å². The Hall–Kier alpha value is -4.08. The van der Waals surface area contributed by atoms with Gasteiger partial charge in [0.1, 0.15) is 28.8 Å². The lowest BCUT2D eigenvalue weighted by atomic mass is 10.1. The summed E-state index contributed by atoms with van der Waals surface area (Å²) in [6.07, 6.45) is -2.44. The van der Waals surface area contributed by atoms with E-state index in [1.165, 1.54) is 24.4 Å². The SMILES string of the molecule is CC(C)(C)OC(=O)C[C@H]1CCN(C(=O)CCNc2nc(NCc3ccccc3OC(F)(F)F)ncc2C#N)C1. The summed E-state index contributed by atoms with van der Waals surface area (Å²) in [6.45, 7) is 6.59. The van der Waals surface area contributed by atoms with E-state index in [-0.39, 0.29) is 72.4 Å². The van der Waals surface area contributed by atoms with Gasteiger partial charge in [-0.1, -0.05) is 18.2 Å². The van der Waals surface area contributed by atoms with Crippen molar-refractivity contribution in [2.75, 3.05) is 30.3 Å². The highest BCUT2D eigenvalue weighted by molar-refractivity contribution is 5.77. The molecule has 10 nitrogen and oxygen atoms in total. The molecule has 0 unspecified atom stereocenters. The molecule has 3 rings (SSSR count). The van der Waals surface area contributed by atoms with Crippen LogP contribution in [0.15, 0.2) is 30.5 Å². The number of nitriles is 1. The molecule has 0 saturated carbocycles. The zero-order valence-corrected chi connectivity index (χ0v) is 22.0. The average molecular weight is 549 g/mol. The van der Waals surface area contributed by atoms with E-state index in [1.54, 1.807) is 11.0 Å². The van der Waals surface area contributed by atoms with Crippen molar-refractivity contribution in [3.8, 4) is 11.8 Å². The third-order valence-corrected chi connectivity index (χ3v) is 5.69. The third kappa shape index (κ3) is 9.63. The smallest absolute Gasteiger partial charge is 0.460 e. The van der Waals surface area contributed by atoms with Gasteiger partial charge in [0.15, 0.2) is 0 Å². The first kappa shape index (κ1) is 29.5. The van der Waals surface area contributed by atoms with Crippen LogP contribution in [0.2, 0.25) is 0 Å². The lowest BCUT2D eigenvalue weighted by Gasteiger charge is -2.21. The number of rotatable bonds is 10. The summed E-state index contributed by atoms with van der Waals surface area (Å²) in [7, 11) is 0. The minimum absolute atomic E-state index is 0.0455. The van der Waals surface area contributed by atoms with Crippen molar-refractivity contribution >= 4 is 23.6 Å². The molecule has 1 amide bonds. The van der Waals surface area contributed by atoms with Gasteiger partial charge >= 0.3 is 12.3 Å². The zero-order chi connectivity index (χ0) is 28.6. The minimum atomic E-state index is -4.83. The fourth-order valence-corrected chi connectivity index (χ4v) is 4.02. The van der Waals surface area contributed by atoms with Crippen LogP contribution in [0.5, 0.6) is 5.75 Å². The van der Waals surface area contributed by atoms with Crippen molar-refractivity contribution < 1.29 is 32.2 Å². The highest BCUT2D eigenvalue weighted by Crippen LogP contribution is 2.27. The van der Waals surface area contributed by atoms with Gasteiger partial charge in [0.25, 0.3) is 0 Å². The molecule has 210 valence electrons. The van der Waals surface area contributed by atoms with Crippen LogP contribution in [0, 0.1) is 17.2 Å². The van der Waals surface area contributed by atoms with Gasteiger partial charge in [-0.25, -0.2) is 4.98 Å². The van der Waals surface area contributed by atoms with Gasteiger partial charge in [-0.15, -0.1) is 13.2 Å². The van der Waals surface area contributed by atoms with E-state index >= 15 is 0 Å². The Balaban J connectivity index is 1.52. The van der Waals surface area contributed by atoms with Crippen molar-refractivity contribution in [2.24, 2.45) is 5.92 Å². The molecule has 1 atom stereocenters. The molecular formula is C26H31F3N6O4. The monoisotopic (exact) mass is 548 g/mol. The molecule has 1 fully saturated rings. The summed E-state index contributed by atoms with van der Waals surface area (Å²) in [5.74, 6) is -0.415.